The number of nitrogens with zero attached hydrogens (tertiary/aromatic N) is 3. The SMILES string of the molecule is CC(O)(COc1ccc(N2CCN(CCCOc3ccc(CC(=O)NC4CCC(=O)NC4=O)cc3)CC2)cc1)C(=O)Nc1ccc(C#N)c(C(F)(F)F)c1. The molecule has 2 heterocycles. The molecule has 4 amide bonds. The van der Waals surface area contributed by atoms with Gasteiger partial charge >= 0.3 is 6.18 Å². The van der Waals surface area contributed by atoms with E-state index in [0.29, 0.717) is 30.6 Å². The molecule has 3 aromatic rings. The molecule has 0 aromatic heterocycles. The summed E-state index contributed by atoms with van der Waals surface area (Å²) in [6, 6.07) is 17.9. The van der Waals surface area contributed by atoms with Gasteiger partial charge in [-0.1, -0.05) is 12.1 Å². The Kier molecular flexibility index (Phi) is 12.8. The number of imide groups is 1. The molecule has 2 saturated heterocycles. The first kappa shape index (κ1) is 39.5. The second-order valence-electron chi connectivity index (χ2n) is 13.3. The molecule has 0 aliphatic carbocycles. The fourth-order valence-corrected chi connectivity index (χ4v) is 5.94. The molecule has 2 atom stereocenters. The van der Waals surface area contributed by atoms with E-state index in [-0.39, 0.29) is 30.3 Å². The summed E-state index contributed by atoms with van der Waals surface area (Å²) in [5, 5.41) is 26.8. The number of hydrogen-bond acceptors (Lipinski definition) is 10. The summed E-state index contributed by atoms with van der Waals surface area (Å²) in [6.45, 7) is 5.45. The summed E-state index contributed by atoms with van der Waals surface area (Å²) in [5.74, 6) is -0.990. The van der Waals surface area contributed by atoms with Gasteiger partial charge in [0.15, 0.2) is 5.60 Å². The summed E-state index contributed by atoms with van der Waals surface area (Å²) in [5.41, 5.74) is -2.31. The predicted molar refractivity (Wildman–Crippen MR) is 191 cm³/mol. The average Bonchev–Trinajstić information content (AvgIpc) is 3.14. The van der Waals surface area contributed by atoms with Gasteiger partial charge < -0.3 is 30.1 Å². The predicted octanol–water partition coefficient (Wildman–Crippen LogP) is 3.40. The summed E-state index contributed by atoms with van der Waals surface area (Å²) in [7, 11) is 0. The highest BCUT2D eigenvalue weighted by Gasteiger charge is 2.36. The van der Waals surface area contributed by atoms with Gasteiger partial charge in [-0.25, -0.2) is 0 Å². The number of piperazine rings is 1. The molecule has 0 bridgehead atoms. The maximum Gasteiger partial charge on any atom is 0.417 e. The van der Waals surface area contributed by atoms with Gasteiger partial charge in [-0.15, -0.1) is 0 Å². The molecule has 0 spiro atoms. The third-order valence-corrected chi connectivity index (χ3v) is 9.04. The number of benzene rings is 3. The zero-order valence-electron chi connectivity index (χ0n) is 29.6. The first-order valence-corrected chi connectivity index (χ1v) is 17.4. The van der Waals surface area contributed by atoms with Gasteiger partial charge in [0.25, 0.3) is 5.91 Å². The summed E-state index contributed by atoms with van der Waals surface area (Å²) in [6.07, 6.45) is -3.37. The van der Waals surface area contributed by atoms with E-state index >= 15 is 0 Å². The van der Waals surface area contributed by atoms with Crippen molar-refractivity contribution in [3.8, 4) is 17.6 Å². The zero-order valence-corrected chi connectivity index (χ0v) is 29.6. The Morgan fingerprint density at radius 1 is 0.981 bits per heavy atom. The highest BCUT2D eigenvalue weighted by molar-refractivity contribution is 6.01. The Bertz CT molecular complexity index is 1850. The molecule has 2 fully saturated rings. The van der Waals surface area contributed by atoms with Crippen LogP contribution in [-0.4, -0.2) is 91.2 Å². The van der Waals surface area contributed by atoms with Gasteiger partial charge in [0.1, 0.15) is 24.1 Å². The number of aliphatic hydroxyl groups is 1. The molecule has 2 aliphatic heterocycles. The minimum Gasteiger partial charge on any atom is -0.494 e. The van der Waals surface area contributed by atoms with Gasteiger partial charge in [-0.05, 0) is 79.9 Å². The minimum absolute atomic E-state index is 0.107. The Balaban J connectivity index is 0.978. The number of carbonyl (C=O) groups excluding carboxylic acids is 4. The summed E-state index contributed by atoms with van der Waals surface area (Å²) >= 11 is 0. The van der Waals surface area contributed by atoms with Gasteiger partial charge in [-0.3, -0.25) is 29.4 Å². The van der Waals surface area contributed by atoms with E-state index < -0.39 is 47.4 Å². The van der Waals surface area contributed by atoms with Crippen molar-refractivity contribution in [2.45, 2.75) is 50.4 Å². The Morgan fingerprint density at radius 2 is 1.65 bits per heavy atom. The number of halogens is 3. The maximum atomic E-state index is 13.3. The molecule has 0 radical (unpaired) electrons. The lowest BCUT2D eigenvalue weighted by molar-refractivity contribution is -0.138. The number of nitriles is 1. The fourth-order valence-electron chi connectivity index (χ4n) is 5.94. The van der Waals surface area contributed by atoms with Crippen molar-refractivity contribution in [3.05, 3.63) is 83.4 Å². The lowest BCUT2D eigenvalue weighted by Gasteiger charge is -2.36. The summed E-state index contributed by atoms with van der Waals surface area (Å²) < 4.78 is 51.4. The molecular weight excluding hydrogens is 709 g/mol. The Labute approximate surface area is 310 Å². The van der Waals surface area contributed by atoms with Crippen molar-refractivity contribution >= 4 is 35.0 Å². The van der Waals surface area contributed by atoms with Crippen LogP contribution in [-0.2, 0) is 31.8 Å². The average molecular weight is 751 g/mol. The van der Waals surface area contributed by atoms with Crippen molar-refractivity contribution in [2.24, 2.45) is 0 Å². The molecule has 0 saturated carbocycles. The quantitative estimate of drug-likeness (QED) is 0.141. The van der Waals surface area contributed by atoms with Crippen molar-refractivity contribution in [2.75, 3.05) is 56.2 Å². The highest BCUT2D eigenvalue weighted by atomic mass is 19.4. The molecule has 54 heavy (non-hydrogen) atoms. The van der Waals surface area contributed by atoms with Crippen LogP contribution in [0.3, 0.4) is 0 Å². The third kappa shape index (κ3) is 10.9. The van der Waals surface area contributed by atoms with Crippen molar-refractivity contribution in [1.29, 1.82) is 5.26 Å². The zero-order chi connectivity index (χ0) is 38.9. The van der Waals surface area contributed by atoms with E-state index in [4.69, 9.17) is 14.7 Å². The fraction of sp³-hybridized carbons (Fsp3) is 0.395. The molecule has 4 N–H and O–H groups in total. The smallest absolute Gasteiger partial charge is 0.417 e. The molecule has 2 aliphatic rings. The lowest BCUT2D eigenvalue weighted by atomic mass is 10.1. The molecular formula is C38H41F3N6O7. The number of amides is 4. The highest BCUT2D eigenvalue weighted by Crippen LogP contribution is 2.34. The van der Waals surface area contributed by atoms with Crippen molar-refractivity contribution in [1.82, 2.24) is 15.5 Å². The number of piperidine rings is 1. The van der Waals surface area contributed by atoms with Gasteiger partial charge in [0.05, 0.1) is 30.2 Å². The number of hydrogen-bond donors (Lipinski definition) is 4. The van der Waals surface area contributed by atoms with Crippen LogP contribution in [0.5, 0.6) is 11.5 Å². The van der Waals surface area contributed by atoms with Crippen molar-refractivity contribution in [3.63, 3.8) is 0 Å². The number of carbonyl (C=O) groups is 4. The van der Waals surface area contributed by atoms with Gasteiger partial charge in [-0.2, -0.15) is 18.4 Å². The first-order chi connectivity index (χ1) is 25.7. The van der Waals surface area contributed by atoms with E-state index in [9.17, 15) is 37.5 Å². The van der Waals surface area contributed by atoms with Crippen LogP contribution in [0.1, 0.15) is 42.9 Å². The number of rotatable bonds is 14. The standard InChI is InChI=1S/C38H41F3N6O7/c1-37(52,36(51)43-27-6-5-26(23-42)31(22-27)38(39,40)41)24-54-30-11-7-28(8-12-30)47-18-16-46(17-19-47)15-2-20-53-29-9-3-25(4-10-29)21-34(49)44-32-13-14-33(48)45-35(32)50/h3-12,22,32,52H,2,13-21,24H2,1H3,(H,43,51)(H,44,49)(H,45,48,50). The van der Waals surface area contributed by atoms with E-state index in [2.05, 4.69) is 25.8 Å². The number of alkyl halides is 3. The van der Waals surface area contributed by atoms with Gasteiger partial charge in [0.2, 0.25) is 17.7 Å². The number of nitrogens with one attached hydrogen (secondary N) is 3. The minimum atomic E-state index is -4.79. The van der Waals surface area contributed by atoms with Crippen LogP contribution in [0.15, 0.2) is 66.7 Å². The molecule has 13 nitrogen and oxygen atoms in total. The third-order valence-electron chi connectivity index (χ3n) is 9.04. The van der Waals surface area contributed by atoms with Crippen molar-refractivity contribution < 1.29 is 46.9 Å². The Hall–Kier alpha value is -5.66. The molecule has 286 valence electrons. The number of anilines is 2. The van der Waals surface area contributed by atoms with Crippen LogP contribution in [0.2, 0.25) is 0 Å². The monoisotopic (exact) mass is 750 g/mol. The largest absolute Gasteiger partial charge is 0.494 e. The topological polar surface area (TPSA) is 173 Å². The molecule has 3 aromatic carbocycles. The van der Waals surface area contributed by atoms with E-state index in [1.54, 1.807) is 36.4 Å². The molecule has 2 unspecified atom stereocenters. The second kappa shape index (κ2) is 17.4. The normalized spacial score (nSPS) is 17.5. The second-order valence-corrected chi connectivity index (χ2v) is 13.3. The lowest BCUT2D eigenvalue weighted by Crippen LogP contribution is -2.52. The first-order valence-electron chi connectivity index (χ1n) is 17.4. The van der Waals surface area contributed by atoms with E-state index in [1.165, 1.54) is 13.0 Å². The van der Waals surface area contributed by atoms with E-state index in [0.717, 1.165) is 62.5 Å². The van der Waals surface area contributed by atoms with E-state index in [1.807, 2.05) is 12.1 Å². The Morgan fingerprint density at radius 3 is 2.30 bits per heavy atom. The van der Waals surface area contributed by atoms with Crippen LogP contribution in [0, 0.1) is 11.3 Å². The van der Waals surface area contributed by atoms with Crippen LogP contribution in [0.25, 0.3) is 0 Å². The van der Waals surface area contributed by atoms with Crippen LogP contribution >= 0.6 is 0 Å². The molecule has 16 heteroatoms. The number of ether oxygens (including phenoxy) is 2. The van der Waals surface area contributed by atoms with Gasteiger partial charge in [0, 0.05) is 50.5 Å². The maximum absolute atomic E-state index is 13.3. The summed E-state index contributed by atoms with van der Waals surface area (Å²) in [4.78, 5) is 52.8. The van der Waals surface area contributed by atoms with Crippen LogP contribution < -0.4 is 30.3 Å². The van der Waals surface area contributed by atoms with Crippen LogP contribution in [0.4, 0.5) is 24.5 Å². The molecule has 5 rings (SSSR count).